The first-order chi connectivity index (χ1) is 5.43. The Morgan fingerprint density at radius 3 is 2.42 bits per heavy atom. The fraction of sp³-hybridized carbons (Fsp3) is 0.857. The number of rotatable bonds is 5. The van der Waals surface area contributed by atoms with Crippen molar-refractivity contribution in [3.63, 3.8) is 0 Å². The predicted octanol–water partition coefficient (Wildman–Crippen LogP) is -1.29. The van der Waals surface area contributed by atoms with Crippen molar-refractivity contribution in [2.24, 2.45) is 5.73 Å². The third kappa shape index (κ3) is 5.06. The highest BCUT2D eigenvalue weighted by atomic mass is 16.4. The van der Waals surface area contributed by atoms with Crippen molar-refractivity contribution < 1.29 is 15.0 Å². The molecule has 0 rings (SSSR count). The second kappa shape index (κ2) is 5.08. The Kier molecular flexibility index (Phi) is 4.80. The number of carbonyl (C=O) groups is 1. The molecular weight excluding hydrogens is 160 g/mol. The van der Waals surface area contributed by atoms with E-state index < -0.39 is 18.1 Å². The maximum absolute atomic E-state index is 10.3. The molecule has 5 nitrogen and oxygen atoms in total. The van der Waals surface area contributed by atoms with Crippen LogP contribution in [0.15, 0.2) is 0 Å². The van der Waals surface area contributed by atoms with Gasteiger partial charge in [-0.05, 0) is 14.1 Å². The molecule has 0 bridgehead atoms. The summed E-state index contributed by atoms with van der Waals surface area (Å²) in [6.45, 7) is 0.432. The van der Waals surface area contributed by atoms with Gasteiger partial charge in [-0.15, -0.1) is 0 Å². The van der Waals surface area contributed by atoms with Gasteiger partial charge < -0.3 is 20.8 Å². The summed E-state index contributed by atoms with van der Waals surface area (Å²) in [5, 5.41) is 17.7. The minimum atomic E-state index is -1.08. The lowest BCUT2D eigenvalue weighted by molar-refractivity contribution is -0.139. The normalized spacial score (nSPS) is 16.1. The average molecular weight is 176 g/mol. The summed E-state index contributed by atoms with van der Waals surface area (Å²) < 4.78 is 0. The number of nitrogens with zero attached hydrogens (tertiary/aromatic N) is 1. The number of likely N-dealkylation sites (N-methyl/N-ethyl adjacent to an activating group) is 1. The number of aliphatic hydroxyl groups excluding tert-OH is 1. The molecule has 0 spiro atoms. The molecule has 0 saturated carbocycles. The predicted molar refractivity (Wildman–Crippen MR) is 44.8 cm³/mol. The first-order valence-corrected chi connectivity index (χ1v) is 3.74. The van der Waals surface area contributed by atoms with Crippen LogP contribution in [-0.2, 0) is 4.79 Å². The van der Waals surface area contributed by atoms with E-state index in [1.165, 1.54) is 0 Å². The van der Waals surface area contributed by atoms with E-state index in [4.69, 9.17) is 10.8 Å². The summed E-state index contributed by atoms with van der Waals surface area (Å²) in [7, 11) is 3.60. The molecule has 5 heteroatoms. The Bertz CT molecular complexity index is 150. The van der Waals surface area contributed by atoms with Gasteiger partial charge in [0, 0.05) is 13.0 Å². The van der Waals surface area contributed by atoms with E-state index in [-0.39, 0.29) is 6.42 Å². The Balaban J connectivity index is 3.68. The van der Waals surface area contributed by atoms with Crippen molar-refractivity contribution in [2.45, 2.75) is 18.6 Å². The number of aliphatic carboxylic acids is 1. The maximum atomic E-state index is 10.3. The lowest BCUT2D eigenvalue weighted by Gasteiger charge is -2.17. The SMILES string of the molecule is CN(C)CC(O)C[C@H](N)C(=O)O. The van der Waals surface area contributed by atoms with Crippen LogP contribution in [-0.4, -0.2) is 53.9 Å². The van der Waals surface area contributed by atoms with Crippen LogP contribution in [0.1, 0.15) is 6.42 Å². The van der Waals surface area contributed by atoms with E-state index in [0.29, 0.717) is 6.54 Å². The molecule has 2 atom stereocenters. The zero-order valence-corrected chi connectivity index (χ0v) is 7.40. The van der Waals surface area contributed by atoms with E-state index >= 15 is 0 Å². The molecule has 4 N–H and O–H groups in total. The van der Waals surface area contributed by atoms with Crippen LogP contribution in [0, 0.1) is 0 Å². The van der Waals surface area contributed by atoms with Crippen molar-refractivity contribution in [1.29, 1.82) is 0 Å². The van der Waals surface area contributed by atoms with Crippen LogP contribution in [0.3, 0.4) is 0 Å². The first kappa shape index (κ1) is 11.4. The number of nitrogens with two attached hydrogens (primary N) is 1. The summed E-state index contributed by atoms with van der Waals surface area (Å²) in [6, 6.07) is -0.972. The fourth-order valence-electron chi connectivity index (χ4n) is 0.890. The van der Waals surface area contributed by atoms with Gasteiger partial charge in [0.15, 0.2) is 0 Å². The standard InChI is InChI=1S/C7H16N2O3/c1-9(2)4-5(10)3-6(8)7(11)12/h5-6,10H,3-4,8H2,1-2H3,(H,11,12)/t5?,6-/m0/s1. The zero-order valence-electron chi connectivity index (χ0n) is 7.40. The molecule has 1 unspecified atom stereocenters. The van der Waals surface area contributed by atoms with Gasteiger partial charge in [-0.25, -0.2) is 0 Å². The Morgan fingerprint density at radius 2 is 2.08 bits per heavy atom. The molecule has 0 fully saturated rings. The van der Waals surface area contributed by atoms with Gasteiger partial charge in [0.05, 0.1) is 6.10 Å². The summed E-state index contributed by atoms with van der Waals surface area (Å²) in [4.78, 5) is 12.0. The number of hydrogen-bond donors (Lipinski definition) is 3. The molecule has 0 aromatic rings. The highest BCUT2D eigenvalue weighted by Gasteiger charge is 2.16. The monoisotopic (exact) mass is 176 g/mol. The van der Waals surface area contributed by atoms with Gasteiger partial charge in [-0.1, -0.05) is 0 Å². The highest BCUT2D eigenvalue weighted by molar-refractivity contribution is 5.73. The van der Waals surface area contributed by atoms with Crippen LogP contribution in [0.25, 0.3) is 0 Å². The molecule has 0 radical (unpaired) electrons. The Labute approximate surface area is 71.8 Å². The fourth-order valence-corrected chi connectivity index (χ4v) is 0.890. The smallest absolute Gasteiger partial charge is 0.320 e. The Hall–Kier alpha value is -0.650. The molecule has 0 aliphatic heterocycles. The van der Waals surface area contributed by atoms with Gasteiger partial charge in [-0.3, -0.25) is 4.79 Å². The molecule has 0 aliphatic carbocycles. The number of carboxylic acids is 1. The van der Waals surface area contributed by atoms with Crippen LogP contribution < -0.4 is 5.73 Å². The minimum absolute atomic E-state index is 0.0908. The van der Waals surface area contributed by atoms with Crippen molar-refractivity contribution in [3.05, 3.63) is 0 Å². The van der Waals surface area contributed by atoms with Crippen molar-refractivity contribution in [2.75, 3.05) is 20.6 Å². The molecule has 0 saturated heterocycles. The summed E-state index contributed by atoms with van der Waals surface area (Å²) in [6.07, 6.45) is -0.584. The summed E-state index contributed by atoms with van der Waals surface area (Å²) in [5.74, 6) is -1.08. The quantitative estimate of drug-likeness (QED) is 0.485. The molecule has 0 heterocycles. The number of aliphatic hydroxyl groups is 1. The molecule has 0 aromatic carbocycles. The van der Waals surface area contributed by atoms with Gasteiger partial charge in [0.1, 0.15) is 6.04 Å². The molecule has 72 valence electrons. The van der Waals surface area contributed by atoms with Gasteiger partial charge in [0.25, 0.3) is 0 Å². The minimum Gasteiger partial charge on any atom is -0.480 e. The van der Waals surface area contributed by atoms with Gasteiger partial charge >= 0.3 is 5.97 Å². The maximum Gasteiger partial charge on any atom is 0.320 e. The van der Waals surface area contributed by atoms with Crippen LogP contribution in [0.4, 0.5) is 0 Å². The largest absolute Gasteiger partial charge is 0.480 e. The van der Waals surface area contributed by atoms with E-state index in [1.54, 1.807) is 19.0 Å². The molecule has 12 heavy (non-hydrogen) atoms. The van der Waals surface area contributed by atoms with E-state index in [1.807, 2.05) is 0 Å². The van der Waals surface area contributed by atoms with Crippen molar-refractivity contribution in [3.8, 4) is 0 Å². The highest BCUT2D eigenvalue weighted by Crippen LogP contribution is 1.97. The third-order valence-electron chi connectivity index (χ3n) is 1.42. The van der Waals surface area contributed by atoms with E-state index in [0.717, 1.165) is 0 Å². The molecule has 0 amide bonds. The van der Waals surface area contributed by atoms with Crippen molar-refractivity contribution >= 4 is 5.97 Å². The Morgan fingerprint density at radius 1 is 1.58 bits per heavy atom. The summed E-state index contributed by atoms with van der Waals surface area (Å²) >= 11 is 0. The second-order valence-corrected chi connectivity index (χ2v) is 3.10. The number of carboxylic acid groups (broad SMARTS) is 1. The molecular formula is C7H16N2O3. The van der Waals surface area contributed by atoms with E-state index in [2.05, 4.69) is 0 Å². The van der Waals surface area contributed by atoms with Crippen LogP contribution >= 0.6 is 0 Å². The second-order valence-electron chi connectivity index (χ2n) is 3.10. The lowest BCUT2D eigenvalue weighted by atomic mass is 10.1. The molecule has 0 aliphatic rings. The van der Waals surface area contributed by atoms with Gasteiger partial charge in [0.2, 0.25) is 0 Å². The van der Waals surface area contributed by atoms with Crippen LogP contribution in [0.2, 0.25) is 0 Å². The third-order valence-corrected chi connectivity index (χ3v) is 1.42. The van der Waals surface area contributed by atoms with E-state index in [9.17, 15) is 9.90 Å². The molecule has 0 aromatic heterocycles. The zero-order chi connectivity index (χ0) is 9.72. The first-order valence-electron chi connectivity index (χ1n) is 3.74. The summed E-state index contributed by atoms with van der Waals surface area (Å²) in [5.41, 5.74) is 5.22. The lowest BCUT2D eigenvalue weighted by Crippen LogP contribution is -2.37. The van der Waals surface area contributed by atoms with Crippen LogP contribution in [0.5, 0.6) is 0 Å². The average Bonchev–Trinajstić information content (AvgIpc) is 1.84. The number of hydrogen-bond acceptors (Lipinski definition) is 4. The topological polar surface area (TPSA) is 86.8 Å². The van der Waals surface area contributed by atoms with Crippen molar-refractivity contribution in [1.82, 2.24) is 4.90 Å². The van der Waals surface area contributed by atoms with Gasteiger partial charge in [-0.2, -0.15) is 0 Å².